The standard InChI is InChI=1S/C15H10BrN3O/c16-11-6-7-13(18-9-11)15(20)19-12-5-1-3-10-4-2-8-17-14(10)12/h1-9H,(H,19,20). The van der Waals surface area contributed by atoms with Gasteiger partial charge in [0.1, 0.15) is 5.69 Å². The van der Waals surface area contributed by atoms with Crippen molar-refractivity contribution in [3.05, 3.63) is 65.0 Å². The van der Waals surface area contributed by atoms with Gasteiger partial charge in [-0.25, -0.2) is 4.98 Å². The molecule has 0 spiro atoms. The average molecular weight is 328 g/mol. The third kappa shape index (κ3) is 2.53. The van der Waals surface area contributed by atoms with Crippen molar-refractivity contribution in [2.75, 3.05) is 5.32 Å². The van der Waals surface area contributed by atoms with Gasteiger partial charge in [0.05, 0.1) is 11.2 Å². The van der Waals surface area contributed by atoms with Gasteiger partial charge >= 0.3 is 0 Å². The Morgan fingerprint density at radius 2 is 1.90 bits per heavy atom. The molecule has 0 radical (unpaired) electrons. The molecular weight excluding hydrogens is 318 g/mol. The molecule has 0 aliphatic rings. The van der Waals surface area contributed by atoms with Gasteiger partial charge in [-0.05, 0) is 40.2 Å². The molecule has 0 saturated heterocycles. The monoisotopic (exact) mass is 327 g/mol. The van der Waals surface area contributed by atoms with Crippen LogP contribution < -0.4 is 5.32 Å². The number of carbonyl (C=O) groups excluding carboxylic acids is 1. The highest BCUT2D eigenvalue weighted by Gasteiger charge is 2.09. The molecule has 0 bridgehead atoms. The van der Waals surface area contributed by atoms with E-state index in [1.54, 1.807) is 24.5 Å². The van der Waals surface area contributed by atoms with Crippen LogP contribution in [0.1, 0.15) is 10.5 Å². The van der Waals surface area contributed by atoms with Crippen LogP contribution in [0.4, 0.5) is 5.69 Å². The number of para-hydroxylation sites is 1. The maximum atomic E-state index is 12.2. The summed E-state index contributed by atoms with van der Waals surface area (Å²) in [6.07, 6.45) is 3.30. The fraction of sp³-hybridized carbons (Fsp3) is 0. The van der Waals surface area contributed by atoms with Crippen molar-refractivity contribution >= 4 is 38.4 Å². The van der Waals surface area contributed by atoms with E-state index >= 15 is 0 Å². The van der Waals surface area contributed by atoms with Crippen LogP contribution in [-0.4, -0.2) is 15.9 Å². The van der Waals surface area contributed by atoms with E-state index in [-0.39, 0.29) is 5.91 Å². The zero-order chi connectivity index (χ0) is 13.9. The highest BCUT2D eigenvalue weighted by Crippen LogP contribution is 2.21. The van der Waals surface area contributed by atoms with Gasteiger partial charge in [0.2, 0.25) is 0 Å². The Morgan fingerprint density at radius 3 is 2.70 bits per heavy atom. The largest absolute Gasteiger partial charge is 0.319 e. The molecule has 3 aromatic rings. The Bertz CT molecular complexity index is 766. The highest BCUT2D eigenvalue weighted by atomic mass is 79.9. The second kappa shape index (κ2) is 5.38. The van der Waals surface area contributed by atoms with Crippen molar-refractivity contribution in [1.82, 2.24) is 9.97 Å². The first-order chi connectivity index (χ1) is 9.74. The highest BCUT2D eigenvalue weighted by molar-refractivity contribution is 9.10. The normalized spacial score (nSPS) is 10.4. The number of aromatic nitrogens is 2. The van der Waals surface area contributed by atoms with Gasteiger partial charge < -0.3 is 5.32 Å². The van der Waals surface area contributed by atoms with E-state index in [0.29, 0.717) is 11.4 Å². The van der Waals surface area contributed by atoms with E-state index in [9.17, 15) is 4.79 Å². The zero-order valence-electron chi connectivity index (χ0n) is 10.4. The SMILES string of the molecule is O=C(Nc1cccc2cccnc12)c1ccc(Br)cn1. The quantitative estimate of drug-likeness (QED) is 0.781. The number of fused-ring (bicyclic) bond motifs is 1. The summed E-state index contributed by atoms with van der Waals surface area (Å²) in [6, 6.07) is 12.9. The Labute approximate surface area is 124 Å². The number of pyridine rings is 2. The van der Waals surface area contributed by atoms with Gasteiger partial charge in [-0.1, -0.05) is 18.2 Å². The van der Waals surface area contributed by atoms with E-state index < -0.39 is 0 Å². The van der Waals surface area contributed by atoms with Crippen molar-refractivity contribution in [1.29, 1.82) is 0 Å². The van der Waals surface area contributed by atoms with Crippen LogP contribution in [0.25, 0.3) is 10.9 Å². The summed E-state index contributed by atoms with van der Waals surface area (Å²) in [6.45, 7) is 0. The van der Waals surface area contributed by atoms with Gasteiger partial charge in [0.15, 0.2) is 0 Å². The lowest BCUT2D eigenvalue weighted by atomic mass is 10.2. The van der Waals surface area contributed by atoms with E-state index in [1.807, 2.05) is 30.3 Å². The molecule has 0 aliphatic heterocycles. The van der Waals surface area contributed by atoms with Crippen LogP contribution in [0, 0.1) is 0 Å². The van der Waals surface area contributed by atoms with E-state index in [2.05, 4.69) is 31.2 Å². The van der Waals surface area contributed by atoms with Crippen molar-refractivity contribution in [3.8, 4) is 0 Å². The molecule has 98 valence electrons. The molecule has 0 atom stereocenters. The lowest BCUT2D eigenvalue weighted by Crippen LogP contribution is -2.13. The first-order valence-electron chi connectivity index (χ1n) is 6.01. The summed E-state index contributed by atoms with van der Waals surface area (Å²) in [7, 11) is 0. The van der Waals surface area contributed by atoms with Crippen LogP contribution in [0.5, 0.6) is 0 Å². The first kappa shape index (κ1) is 12.7. The number of benzene rings is 1. The number of hydrogen-bond donors (Lipinski definition) is 1. The Morgan fingerprint density at radius 1 is 1.05 bits per heavy atom. The zero-order valence-corrected chi connectivity index (χ0v) is 12.0. The van der Waals surface area contributed by atoms with Crippen LogP contribution in [0.15, 0.2) is 59.3 Å². The number of halogens is 1. The molecular formula is C15H10BrN3O. The summed E-state index contributed by atoms with van der Waals surface area (Å²) in [5.41, 5.74) is 1.81. The smallest absolute Gasteiger partial charge is 0.274 e. The number of nitrogens with one attached hydrogen (secondary N) is 1. The molecule has 1 N–H and O–H groups in total. The molecule has 2 aromatic heterocycles. The predicted molar refractivity (Wildman–Crippen MR) is 81.6 cm³/mol. The van der Waals surface area contributed by atoms with Gasteiger partial charge in [-0.3, -0.25) is 9.78 Å². The second-order valence-corrected chi connectivity index (χ2v) is 5.11. The number of anilines is 1. The molecule has 0 fully saturated rings. The van der Waals surface area contributed by atoms with Crippen molar-refractivity contribution < 1.29 is 4.79 Å². The Kier molecular flexibility index (Phi) is 3.43. The fourth-order valence-electron chi connectivity index (χ4n) is 1.90. The van der Waals surface area contributed by atoms with Crippen LogP contribution in [0.3, 0.4) is 0 Å². The number of hydrogen-bond acceptors (Lipinski definition) is 3. The van der Waals surface area contributed by atoms with Gasteiger partial charge in [-0.15, -0.1) is 0 Å². The fourth-order valence-corrected chi connectivity index (χ4v) is 2.14. The van der Waals surface area contributed by atoms with Gasteiger partial charge in [-0.2, -0.15) is 0 Å². The minimum atomic E-state index is -0.254. The molecule has 0 aliphatic carbocycles. The molecule has 3 rings (SSSR count). The van der Waals surface area contributed by atoms with Crippen molar-refractivity contribution in [2.45, 2.75) is 0 Å². The van der Waals surface area contributed by atoms with Crippen molar-refractivity contribution in [3.63, 3.8) is 0 Å². The molecule has 20 heavy (non-hydrogen) atoms. The molecule has 5 heteroatoms. The second-order valence-electron chi connectivity index (χ2n) is 4.20. The maximum Gasteiger partial charge on any atom is 0.274 e. The van der Waals surface area contributed by atoms with E-state index in [4.69, 9.17) is 0 Å². The lowest BCUT2D eigenvalue weighted by molar-refractivity contribution is 0.102. The van der Waals surface area contributed by atoms with Crippen molar-refractivity contribution in [2.24, 2.45) is 0 Å². The average Bonchev–Trinajstić information content (AvgIpc) is 2.48. The molecule has 1 aromatic carbocycles. The molecule has 4 nitrogen and oxygen atoms in total. The minimum absolute atomic E-state index is 0.254. The summed E-state index contributed by atoms with van der Waals surface area (Å²) in [5.74, 6) is -0.254. The lowest BCUT2D eigenvalue weighted by Gasteiger charge is -2.07. The number of nitrogens with zero attached hydrogens (tertiary/aromatic N) is 2. The minimum Gasteiger partial charge on any atom is -0.319 e. The number of carbonyl (C=O) groups is 1. The summed E-state index contributed by atoms with van der Waals surface area (Å²) < 4.78 is 0.834. The third-order valence-corrected chi connectivity index (χ3v) is 3.31. The first-order valence-corrected chi connectivity index (χ1v) is 6.80. The Balaban J connectivity index is 1.93. The molecule has 0 unspecified atom stereocenters. The predicted octanol–water partition coefficient (Wildman–Crippen LogP) is 3.64. The van der Waals surface area contributed by atoms with Gasteiger partial charge in [0, 0.05) is 22.3 Å². The molecule has 2 heterocycles. The Hall–Kier alpha value is -2.27. The van der Waals surface area contributed by atoms with Crippen LogP contribution in [-0.2, 0) is 0 Å². The van der Waals surface area contributed by atoms with Crippen LogP contribution >= 0.6 is 15.9 Å². The maximum absolute atomic E-state index is 12.2. The third-order valence-electron chi connectivity index (χ3n) is 2.84. The number of amides is 1. The van der Waals surface area contributed by atoms with E-state index in [1.165, 1.54) is 0 Å². The number of rotatable bonds is 2. The summed E-state index contributed by atoms with van der Waals surface area (Å²) >= 11 is 3.29. The molecule has 0 saturated carbocycles. The van der Waals surface area contributed by atoms with Gasteiger partial charge in [0.25, 0.3) is 5.91 Å². The summed E-state index contributed by atoms with van der Waals surface area (Å²) in [5, 5.41) is 3.82. The van der Waals surface area contributed by atoms with E-state index in [0.717, 1.165) is 15.4 Å². The van der Waals surface area contributed by atoms with Crippen LogP contribution in [0.2, 0.25) is 0 Å². The molecule has 1 amide bonds. The summed E-state index contributed by atoms with van der Waals surface area (Å²) in [4.78, 5) is 20.5. The topological polar surface area (TPSA) is 54.9 Å².